The molecule has 0 heterocycles. The number of aromatic hydroxyl groups is 1. The molecule has 0 aliphatic carbocycles. The van der Waals surface area contributed by atoms with Crippen molar-refractivity contribution in [3.05, 3.63) is 24.3 Å². The molecule has 148 valence electrons. The summed E-state index contributed by atoms with van der Waals surface area (Å²) in [6.45, 7) is 0.718. The topological polar surface area (TPSA) is 66.8 Å². The third-order valence-corrected chi connectivity index (χ3v) is 4.62. The van der Waals surface area contributed by atoms with Gasteiger partial charge in [-0.3, -0.25) is 4.79 Å². The highest BCUT2D eigenvalue weighted by atomic mass is 16.5. The molecule has 1 aromatic rings. The van der Waals surface area contributed by atoms with Crippen LogP contribution in [0.25, 0.3) is 0 Å². The van der Waals surface area contributed by atoms with Gasteiger partial charge in [0.15, 0.2) is 0 Å². The Morgan fingerprint density at radius 3 is 1.77 bits per heavy atom. The maximum absolute atomic E-state index is 10.4. The highest BCUT2D eigenvalue weighted by molar-refractivity contribution is 5.66. The Labute approximate surface area is 158 Å². The van der Waals surface area contributed by atoms with Gasteiger partial charge in [-0.1, -0.05) is 76.7 Å². The predicted molar refractivity (Wildman–Crippen MR) is 106 cm³/mol. The molecule has 0 unspecified atom stereocenters. The van der Waals surface area contributed by atoms with Gasteiger partial charge in [0.05, 0.1) is 6.61 Å². The third kappa shape index (κ3) is 13.6. The quantitative estimate of drug-likeness (QED) is 0.318. The summed E-state index contributed by atoms with van der Waals surface area (Å²) in [4.78, 5) is 10.4. The van der Waals surface area contributed by atoms with Crippen molar-refractivity contribution in [3.63, 3.8) is 0 Å². The molecule has 2 N–H and O–H groups in total. The molecule has 0 aliphatic heterocycles. The number of carbonyl (C=O) groups is 1. The second-order valence-electron chi connectivity index (χ2n) is 7.09. The number of carboxylic acid groups (broad SMARTS) is 1. The first-order valence-corrected chi connectivity index (χ1v) is 10.3. The van der Waals surface area contributed by atoms with Gasteiger partial charge in [0.1, 0.15) is 11.5 Å². The van der Waals surface area contributed by atoms with Crippen molar-refractivity contribution in [2.24, 2.45) is 0 Å². The van der Waals surface area contributed by atoms with E-state index in [-0.39, 0.29) is 5.75 Å². The zero-order chi connectivity index (χ0) is 18.9. The van der Waals surface area contributed by atoms with Gasteiger partial charge in [0.25, 0.3) is 0 Å². The Balaban J connectivity index is 1.75. The molecule has 26 heavy (non-hydrogen) atoms. The van der Waals surface area contributed by atoms with Gasteiger partial charge in [-0.2, -0.15) is 0 Å². The van der Waals surface area contributed by atoms with Crippen LogP contribution in [0.15, 0.2) is 24.3 Å². The van der Waals surface area contributed by atoms with E-state index in [1.54, 1.807) is 18.2 Å². The number of carboxylic acids is 1. The van der Waals surface area contributed by atoms with Crippen LogP contribution in [0.5, 0.6) is 11.5 Å². The van der Waals surface area contributed by atoms with Gasteiger partial charge in [0, 0.05) is 12.5 Å². The van der Waals surface area contributed by atoms with Gasteiger partial charge in [-0.05, 0) is 25.0 Å². The van der Waals surface area contributed by atoms with E-state index >= 15 is 0 Å². The number of phenols is 1. The second-order valence-corrected chi connectivity index (χ2v) is 7.09. The predicted octanol–water partition coefficient (Wildman–Crippen LogP) is 6.32. The lowest BCUT2D eigenvalue weighted by molar-refractivity contribution is -0.137. The number of ether oxygens (including phenoxy) is 1. The van der Waals surface area contributed by atoms with Crippen LogP contribution in [0.4, 0.5) is 0 Å². The van der Waals surface area contributed by atoms with E-state index in [0.29, 0.717) is 6.42 Å². The molecular weight excluding hydrogens is 328 g/mol. The van der Waals surface area contributed by atoms with Crippen molar-refractivity contribution in [2.75, 3.05) is 6.61 Å². The van der Waals surface area contributed by atoms with E-state index in [4.69, 9.17) is 9.84 Å². The molecule has 4 nitrogen and oxygen atoms in total. The van der Waals surface area contributed by atoms with Gasteiger partial charge in [0.2, 0.25) is 0 Å². The van der Waals surface area contributed by atoms with Crippen LogP contribution in [-0.4, -0.2) is 22.8 Å². The maximum atomic E-state index is 10.4. The summed E-state index contributed by atoms with van der Waals surface area (Å²) in [6, 6.07) is 6.96. The van der Waals surface area contributed by atoms with Gasteiger partial charge in [-0.25, -0.2) is 0 Å². The first-order chi connectivity index (χ1) is 12.7. The van der Waals surface area contributed by atoms with Crippen molar-refractivity contribution in [1.82, 2.24) is 0 Å². The minimum absolute atomic E-state index is 0.251. The number of unbranched alkanes of at least 4 members (excludes halogenated alkanes) is 12. The van der Waals surface area contributed by atoms with Crippen LogP contribution >= 0.6 is 0 Å². The fraction of sp³-hybridized carbons (Fsp3) is 0.682. The first-order valence-electron chi connectivity index (χ1n) is 10.3. The van der Waals surface area contributed by atoms with E-state index in [1.165, 1.54) is 64.2 Å². The fourth-order valence-electron chi connectivity index (χ4n) is 3.09. The molecule has 0 aromatic heterocycles. The average Bonchev–Trinajstić information content (AvgIpc) is 2.61. The molecule has 0 saturated heterocycles. The van der Waals surface area contributed by atoms with E-state index < -0.39 is 5.97 Å². The smallest absolute Gasteiger partial charge is 0.303 e. The lowest BCUT2D eigenvalue weighted by Gasteiger charge is -2.06. The SMILES string of the molecule is O=C(O)CCCCCCCCCCCCCCCOc1cccc(O)c1. The Morgan fingerprint density at radius 2 is 1.27 bits per heavy atom. The summed E-state index contributed by atoms with van der Waals surface area (Å²) in [5, 5.41) is 17.9. The van der Waals surface area contributed by atoms with E-state index in [1.807, 2.05) is 6.07 Å². The monoisotopic (exact) mass is 364 g/mol. The number of hydrogen-bond acceptors (Lipinski definition) is 3. The molecule has 0 amide bonds. The van der Waals surface area contributed by atoms with Crippen molar-refractivity contribution >= 4 is 5.97 Å². The number of rotatable bonds is 17. The van der Waals surface area contributed by atoms with Crippen LogP contribution in [-0.2, 0) is 4.79 Å². The summed E-state index contributed by atoms with van der Waals surface area (Å²) in [5.41, 5.74) is 0. The number of phenolic OH excluding ortho intramolecular Hbond substituents is 1. The Hall–Kier alpha value is -1.71. The number of aliphatic carboxylic acids is 1. The van der Waals surface area contributed by atoms with Crippen LogP contribution in [0.1, 0.15) is 89.9 Å². The standard InChI is InChI=1S/C22H36O4/c23-20-15-14-16-21(19-20)26-18-13-11-9-7-5-3-1-2-4-6-8-10-12-17-22(24)25/h14-16,19,23H,1-13,17-18H2,(H,24,25). The normalized spacial score (nSPS) is 10.8. The third-order valence-electron chi connectivity index (χ3n) is 4.62. The molecule has 0 radical (unpaired) electrons. The number of hydrogen-bond donors (Lipinski definition) is 2. The van der Waals surface area contributed by atoms with Gasteiger partial charge < -0.3 is 14.9 Å². The van der Waals surface area contributed by atoms with E-state index in [0.717, 1.165) is 31.6 Å². The summed E-state index contributed by atoms with van der Waals surface area (Å²) in [5.74, 6) is 0.321. The minimum Gasteiger partial charge on any atom is -0.508 e. The van der Waals surface area contributed by atoms with Crippen molar-refractivity contribution in [1.29, 1.82) is 0 Å². The summed E-state index contributed by atoms with van der Waals surface area (Å²) in [7, 11) is 0. The van der Waals surface area contributed by atoms with Crippen molar-refractivity contribution in [3.8, 4) is 11.5 Å². The molecule has 4 heteroatoms. The van der Waals surface area contributed by atoms with Crippen molar-refractivity contribution < 1.29 is 19.7 Å². The minimum atomic E-state index is -0.672. The average molecular weight is 365 g/mol. The van der Waals surface area contributed by atoms with Crippen LogP contribution in [0, 0.1) is 0 Å². The summed E-state index contributed by atoms with van der Waals surface area (Å²) in [6.07, 6.45) is 16.1. The zero-order valence-electron chi connectivity index (χ0n) is 16.1. The molecule has 1 rings (SSSR count). The maximum Gasteiger partial charge on any atom is 0.303 e. The lowest BCUT2D eigenvalue weighted by atomic mass is 10.0. The first kappa shape index (κ1) is 22.3. The van der Waals surface area contributed by atoms with Crippen molar-refractivity contribution in [2.45, 2.75) is 89.9 Å². The molecule has 0 bridgehead atoms. The number of benzene rings is 1. The molecule has 0 atom stereocenters. The highest BCUT2D eigenvalue weighted by Gasteiger charge is 1.98. The molecule has 1 aromatic carbocycles. The van der Waals surface area contributed by atoms with E-state index in [9.17, 15) is 9.90 Å². The van der Waals surface area contributed by atoms with Crippen LogP contribution in [0.3, 0.4) is 0 Å². The molecule has 0 spiro atoms. The van der Waals surface area contributed by atoms with Gasteiger partial charge in [-0.15, -0.1) is 0 Å². The fourth-order valence-corrected chi connectivity index (χ4v) is 3.09. The van der Waals surface area contributed by atoms with Crippen LogP contribution in [0.2, 0.25) is 0 Å². The lowest BCUT2D eigenvalue weighted by Crippen LogP contribution is -1.97. The second kappa shape index (κ2) is 15.5. The molecule has 0 fully saturated rings. The molecule has 0 aliphatic rings. The zero-order valence-corrected chi connectivity index (χ0v) is 16.1. The summed E-state index contributed by atoms with van der Waals surface area (Å²) >= 11 is 0. The Kier molecular flexibility index (Phi) is 13.3. The van der Waals surface area contributed by atoms with Gasteiger partial charge >= 0.3 is 5.97 Å². The summed E-state index contributed by atoms with van der Waals surface area (Å²) < 4.78 is 5.62. The highest BCUT2D eigenvalue weighted by Crippen LogP contribution is 2.18. The molecular formula is C22H36O4. The largest absolute Gasteiger partial charge is 0.508 e. The molecule has 0 saturated carbocycles. The Bertz CT molecular complexity index is 473. The van der Waals surface area contributed by atoms with E-state index in [2.05, 4.69) is 0 Å². The Morgan fingerprint density at radius 1 is 0.769 bits per heavy atom. The van der Waals surface area contributed by atoms with Crippen LogP contribution < -0.4 is 4.74 Å².